The van der Waals surface area contributed by atoms with Crippen LogP contribution < -0.4 is 0 Å². The highest BCUT2D eigenvalue weighted by Crippen LogP contribution is 2.33. The summed E-state index contributed by atoms with van der Waals surface area (Å²) in [6.45, 7) is 2.10. The van der Waals surface area contributed by atoms with Crippen LogP contribution in [0.3, 0.4) is 0 Å². The zero-order chi connectivity index (χ0) is 10.8. The van der Waals surface area contributed by atoms with Crippen molar-refractivity contribution < 1.29 is 13.9 Å². The first-order valence-electron chi connectivity index (χ1n) is 5.21. The summed E-state index contributed by atoms with van der Waals surface area (Å²) in [4.78, 5) is 12.0. The Kier molecular flexibility index (Phi) is 3.05. The van der Waals surface area contributed by atoms with Gasteiger partial charge in [0, 0.05) is 5.56 Å². The minimum absolute atomic E-state index is 0.201. The zero-order valence-corrected chi connectivity index (χ0v) is 9.45. The number of esters is 1. The molecule has 0 atom stereocenters. The number of ether oxygens (including phenoxy) is 1. The van der Waals surface area contributed by atoms with Crippen LogP contribution in [-0.4, -0.2) is 12.6 Å². The molecular weight excluding hydrogens is 215 g/mol. The van der Waals surface area contributed by atoms with Crippen LogP contribution in [0.5, 0.6) is 0 Å². The molecule has 4 heteroatoms. The quantitative estimate of drug-likeness (QED) is 0.727. The van der Waals surface area contributed by atoms with Crippen LogP contribution in [-0.2, 0) is 17.6 Å². The maximum Gasteiger partial charge on any atom is 0.348 e. The molecule has 82 valence electrons. The third-order valence-corrected chi connectivity index (χ3v) is 3.67. The van der Waals surface area contributed by atoms with E-state index in [0.29, 0.717) is 11.5 Å². The molecule has 0 aromatic carbocycles. The fraction of sp³-hybridized carbons (Fsp3) is 0.545. The largest absolute Gasteiger partial charge is 0.462 e. The monoisotopic (exact) mass is 228 g/mol. The molecule has 0 spiro atoms. The molecule has 0 radical (unpaired) electrons. The fourth-order valence-corrected chi connectivity index (χ4v) is 2.97. The lowest BCUT2D eigenvalue weighted by molar-refractivity contribution is 0.0530. The van der Waals surface area contributed by atoms with Crippen LogP contribution in [0, 0.1) is 5.13 Å². The van der Waals surface area contributed by atoms with Crippen LogP contribution in [0.15, 0.2) is 0 Å². The minimum Gasteiger partial charge on any atom is -0.462 e. The highest BCUT2D eigenvalue weighted by atomic mass is 32.1. The Bertz CT molecular complexity index is 384. The second kappa shape index (κ2) is 4.31. The Morgan fingerprint density at radius 1 is 1.40 bits per heavy atom. The third-order valence-electron chi connectivity index (χ3n) is 2.63. The number of hydrogen-bond donors (Lipinski definition) is 0. The third kappa shape index (κ3) is 1.91. The van der Waals surface area contributed by atoms with Crippen molar-refractivity contribution in [2.45, 2.75) is 32.6 Å². The van der Waals surface area contributed by atoms with Gasteiger partial charge in [0.05, 0.1) is 6.61 Å². The number of hydrogen-bond acceptors (Lipinski definition) is 3. The molecule has 2 nitrogen and oxygen atoms in total. The van der Waals surface area contributed by atoms with Crippen molar-refractivity contribution in [1.29, 1.82) is 0 Å². The van der Waals surface area contributed by atoms with E-state index in [9.17, 15) is 9.18 Å². The van der Waals surface area contributed by atoms with E-state index in [-0.39, 0.29) is 11.1 Å². The number of carbonyl (C=O) groups is 1. The molecule has 0 fully saturated rings. The molecule has 0 bridgehead atoms. The van der Waals surface area contributed by atoms with Crippen LogP contribution in [0.4, 0.5) is 4.39 Å². The van der Waals surface area contributed by atoms with Gasteiger partial charge in [0.2, 0.25) is 0 Å². The van der Waals surface area contributed by atoms with Gasteiger partial charge in [-0.2, -0.15) is 4.39 Å². The molecule has 1 aromatic heterocycles. The van der Waals surface area contributed by atoms with Gasteiger partial charge in [0.15, 0.2) is 5.13 Å². The molecule has 0 amide bonds. The first kappa shape index (κ1) is 10.6. The fourth-order valence-electron chi connectivity index (χ4n) is 1.95. The maximum absolute atomic E-state index is 13.5. The molecule has 0 saturated heterocycles. The van der Waals surface area contributed by atoms with Crippen LogP contribution in [0.25, 0.3) is 0 Å². The van der Waals surface area contributed by atoms with Crippen LogP contribution >= 0.6 is 11.3 Å². The van der Waals surface area contributed by atoms with E-state index in [1.165, 1.54) is 0 Å². The highest BCUT2D eigenvalue weighted by molar-refractivity contribution is 7.12. The molecule has 1 aliphatic rings. The molecule has 0 unspecified atom stereocenters. The molecule has 15 heavy (non-hydrogen) atoms. The Labute approximate surface area is 92.1 Å². The van der Waals surface area contributed by atoms with E-state index in [2.05, 4.69) is 0 Å². The topological polar surface area (TPSA) is 26.3 Å². The summed E-state index contributed by atoms with van der Waals surface area (Å²) >= 11 is 0.937. The second-order valence-corrected chi connectivity index (χ2v) is 4.56. The van der Waals surface area contributed by atoms with E-state index in [4.69, 9.17) is 4.74 Å². The van der Waals surface area contributed by atoms with Gasteiger partial charge in [-0.15, -0.1) is 0 Å². The number of carbonyl (C=O) groups excluding carboxylic acids is 1. The van der Waals surface area contributed by atoms with Crippen molar-refractivity contribution in [2.24, 2.45) is 0 Å². The van der Waals surface area contributed by atoms with Crippen LogP contribution in [0.2, 0.25) is 0 Å². The summed E-state index contributed by atoms with van der Waals surface area (Å²) in [6, 6.07) is 0. The lowest BCUT2D eigenvalue weighted by Gasteiger charge is -2.11. The van der Waals surface area contributed by atoms with Crippen molar-refractivity contribution in [3.8, 4) is 0 Å². The van der Waals surface area contributed by atoms with Gasteiger partial charge in [-0.1, -0.05) is 11.3 Å². The average Bonchev–Trinajstić information content (AvgIpc) is 2.58. The summed E-state index contributed by atoms with van der Waals surface area (Å²) in [7, 11) is 0. The summed E-state index contributed by atoms with van der Waals surface area (Å²) in [5.74, 6) is -0.371. The first-order chi connectivity index (χ1) is 7.24. The normalized spacial score (nSPS) is 14.8. The minimum atomic E-state index is -0.371. The van der Waals surface area contributed by atoms with Crippen molar-refractivity contribution in [3.63, 3.8) is 0 Å². The van der Waals surface area contributed by atoms with Gasteiger partial charge in [-0.05, 0) is 38.2 Å². The maximum atomic E-state index is 13.5. The Hall–Kier alpha value is -0.900. The predicted octanol–water partition coefficient (Wildman–Crippen LogP) is 2.94. The summed E-state index contributed by atoms with van der Waals surface area (Å²) in [6.07, 6.45) is 3.62. The van der Waals surface area contributed by atoms with E-state index in [1.807, 2.05) is 0 Å². The van der Waals surface area contributed by atoms with Gasteiger partial charge in [0.25, 0.3) is 0 Å². The number of thiophene rings is 1. The predicted molar refractivity (Wildman–Crippen MR) is 56.9 cm³/mol. The second-order valence-electron chi connectivity index (χ2n) is 3.59. The molecule has 1 aliphatic carbocycles. The first-order valence-corrected chi connectivity index (χ1v) is 6.02. The van der Waals surface area contributed by atoms with Gasteiger partial charge in [0.1, 0.15) is 4.88 Å². The SMILES string of the molecule is CCOC(=O)c1sc(F)c2c1CCCC2. The molecule has 0 aliphatic heterocycles. The number of rotatable bonds is 2. The Morgan fingerprint density at radius 2 is 2.07 bits per heavy atom. The number of fused-ring (bicyclic) bond motifs is 1. The van der Waals surface area contributed by atoms with E-state index in [1.54, 1.807) is 6.92 Å². The zero-order valence-electron chi connectivity index (χ0n) is 8.64. The molecular formula is C11H13FO2S. The van der Waals surface area contributed by atoms with Gasteiger partial charge in [-0.3, -0.25) is 0 Å². The van der Waals surface area contributed by atoms with E-state index < -0.39 is 0 Å². The van der Waals surface area contributed by atoms with E-state index >= 15 is 0 Å². The van der Waals surface area contributed by atoms with Crippen molar-refractivity contribution in [2.75, 3.05) is 6.61 Å². The van der Waals surface area contributed by atoms with Crippen molar-refractivity contribution in [1.82, 2.24) is 0 Å². The van der Waals surface area contributed by atoms with Crippen LogP contribution in [0.1, 0.15) is 40.6 Å². The Morgan fingerprint density at radius 3 is 2.73 bits per heavy atom. The highest BCUT2D eigenvalue weighted by Gasteiger charge is 2.25. The van der Waals surface area contributed by atoms with E-state index in [0.717, 1.165) is 48.1 Å². The molecule has 0 N–H and O–H groups in total. The van der Waals surface area contributed by atoms with Gasteiger partial charge in [-0.25, -0.2) is 4.79 Å². The molecule has 0 saturated carbocycles. The average molecular weight is 228 g/mol. The van der Waals surface area contributed by atoms with Gasteiger partial charge < -0.3 is 4.74 Å². The molecule has 1 heterocycles. The van der Waals surface area contributed by atoms with Crippen molar-refractivity contribution >= 4 is 17.3 Å². The summed E-state index contributed by atoms with van der Waals surface area (Å²) in [5.41, 5.74) is 1.64. The molecule has 1 aromatic rings. The lowest BCUT2D eigenvalue weighted by Crippen LogP contribution is -2.08. The standard InChI is InChI=1S/C11H13FO2S/c1-2-14-11(13)9-7-5-3-4-6-8(7)10(12)15-9/h2-6H2,1H3. The number of halogens is 1. The summed E-state index contributed by atoms with van der Waals surface area (Å²) in [5, 5.41) is -0.201. The van der Waals surface area contributed by atoms with Crippen molar-refractivity contribution in [3.05, 3.63) is 21.1 Å². The Balaban J connectivity index is 2.35. The van der Waals surface area contributed by atoms with Gasteiger partial charge >= 0.3 is 5.97 Å². The lowest BCUT2D eigenvalue weighted by atomic mass is 9.94. The summed E-state index contributed by atoms with van der Waals surface area (Å²) < 4.78 is 18.4. The smallest absolute Gasteiger partial charge is 0.348 e. The molecule has 2 rings (SSSR count).